The lowest BCUT2D eigenvalue weighted by Crippen LogP contribution is -3.00. The molecule has 64 heavy (non-hydrogen) atoms. The van der Waals surface area contributed by atoms with E-state index in [-0.39, 0.29) is 55.9 Å². The fraction of sp³-hybridized carbons (Fsp3) is 0.725. The summed E-state index contributed by atoms with van der Waals surface area (Å²) in [6, 6.07) is -2.54. The van der Waals surface area contributed by atoms with Gasteiger partial charge in [-0.15, -0.1) is 16.6 Å². The van der Waals surface area contributed by atoms with Gasteiger partial charge in [-0.05, 0) is 11.8 Å². The van der Waals surface area contributed by atoms with Crippen LogP contribution in [0.25, 0.3) is 0 Å². The Labute approximate surface area is 381 Å². The van der Waals surface area contributed by atoms with E-state index in [4.69, 9.17) is 47.1 Å². The molecule has 0 bridgehead atoms. The fourth-order valence-electron chi connectivity index (χ4n) is 7.21. The van der Waals surface area contributed by atoms with Crippen LogP contribution < -0.4 is 39.0 Å². The highest BCUT2D eigenvalue weighted by Crippen LogP contribution is 2.28. The Balaban J connectivity index is 0.00000898. The van der Waals surface area contributed by atoms with E-state index in [2.05, 4.69) is 31.9 Å². The number of aromatic nitrogens is 9. The van der Waals surface area contributed by atoms with E-state index in [1.807, 2.05) is 47.3 Å². The molecule has 0 spiro atoms. The number of terminal acetylenes is 1. The van der Waals surface area contributed by atoms with E-state index in [9.17, 15) is 19.8 Å². The number of nitrogens with zero attached hydrogens (tertiary/aromatic N) is 13. The molecule has 2 saturated heterocycles. The monoisotopic (exact) mass is 917 g/mol. The van der Waals surface area contributed by atoms with E-state index >= 15 is 0 Å². The molecule has 6 atom stereocenters. The molecule has 3 aromatic heterocycles. The van der Waals surface area contributed by atoms with Gasteiger partial charge in [0.05, 0.1) is 70.7 Å². The Hall–Kier alpha value is -4.80. The molecule has 2 fully saturated rings. The second-order valence-electron chi connectivity index (χ2n) is 15.8. The average Bonchev–Trinajstić information content (AvgIpc) is 4.01. The molecular formula is C40H66ClN16O7-. The zero-order chi connectivity index (χ0) is 45.3. The highest BCUT2D eigenvalue weighted by molar-refractivity contribution is 5.81. The summed E-state index contributed by atoms with van der Waals surface area (Å²) in [7, 11) is 0. The summed E-state index contributed by atoms with van der Waals surface area (Å²) >= 11 is 0. The number of carbonyl (C=O) groups is 2. The molecular weight excluding hydrogens is 852 g/mol. The summed E-state index contributed by atoms with van der Waals surface area (Å²) in [6.07, 6.45) is 9.97. The summed E-state index contributed by atoms with van der Waals surface area (Å²) in [5.41, 5.74) is 12.8. The smallest absolute Gasteiger partial charge is 0.247 e. The number of nitrogens with two attached hydrogens (primary N) is 2. The molecule has 356 valence electrons. The number of aliphatic hydroxyl groups is 2. The first-order chi connectivity index (χ1) is 30.5. The normalized spacial score (nSPS) is 17.2. The van der Waals surface area contributed by atoms with Crippen molar-refractivity contribution in [2.24, 2.45) is 23.3 Å². The molecule has 0 radical (unpaired) electrons. The molecule has 24 heteroatoms. The Morgan fingerprint density at radius 2 is 1.14 bits per heavy atom. The quantitative estimate of drug-likeness (QED) is 0.0400. The van der Waals surface area contributed by atoms with Gasteiger partial charge in [0.15, 0.2) is 0 Å². The molecule has 7 N–H and O–H groups in total. The lowest BCUT2D eigenvalue weighted by atomic mass is 9.97. The SMILES string of the molecule is C#CCOCCOCCOCCNc1nc(N2CCN(C(=O)[C@H]([C@@H](C)CC)n3cc([C@@H](N)CO)nn3)CC2)nc(N2CCN(C(=O)[C@H]([C@@H](C)CC)n3cc([C@@H](N)CO)nn3)CC2)n1.[Cl-]. The maximum Gasteiger partial charge on any atom is 0.247 e. The molecule has 0 aliphatic carbocycles. The number of carbonyl (C=O) groups excluding carboxylic acids is 2. The average molecular weight is 919 g/mol. The highest BCUT2D eigenvalue weighted by Gasteiger charge is 2.36. The standard InChI is InChI=1S/C40H66N16O7.ClH/c1-6-18-61-20-22-63-23-21-62-19-9-43-38-44-39(53-14-10-51(11-15-53)36(59)34(28(4)7-2)55-24-32(47-49-55)30(41)26-57)46-40(45-38)54-16-12-52(13-17-54)37(60)35(29(5)8-3)56-25-33(48-50-56)31(42)27-58;/h1,24-25,28-31,34-35,57-58H,7-23,26-27,41-42H2,2-5H3,(H,43,44,45,46);1H/p-1/t28-,29-,30-,31-,34-,35-;/m0./s1. The van der Waals surface area contributed by atoms with E-state index in [0.717, 1.165) is 12.8 Å². The minimum Gasteiger partial charge on any atom is -1.00 e. The van der Waals surface area contributed by atoms with E-state index in [1.165, 1.54) is 0 Å². The van der Waals surface area contributed by atoms with Crippen molar-refractivity contribution in [1.29, 1.82) is 0 Å². The molecule has 5 heterocycles. The maximum absolute atomic E-state index is 14.1. The van der Waals surface area contributed by atoms with Gasteiger partial charge in [-0.1, -0.05) is 56.9 Å². The van der Waals surface area contributed by atoms with Crippen LogP contribution in [0.15, 0.2) is 12.4 Å². The Kier molecular flexibility index (Phi) is 21.2. The first-order valence-corrected chi connectivity index (χ1v) is 21.8. The van der Waals surface area contributed by atoms with Gasteiger partial charge in [0.2, 0.25) is 29.7 Å². The molecule has 0 saturated carbocycles. The van der Waals surface area contributed by atoms with Gasteiger partial charge < -0.3 is 73.2 Å². The maximum atomic E-state index is 14.1. The summed E-state index contributed by atoms with van der Waals surface area (Å²) in [4.78, 5) is 50.4. The van der Waals surface area contributed by atoms with Crippen molar-refractivity contribution in [2.75, 3.05) is 127 Å². The van der Waals surface area contributed by atoms with Crippen LogP contribution >= 0.6 is 0 Å². The minimum atomic E-state index is -0.686. The van der Waals surface area contributed by atoms with Crippen LogP contribution in [0.1, 0.15) is 76.1 Å². The van der Waals surface area contributed by atoms with Gasteiger partial charge in [-0.25, -0.2) is 9.36 Å². The third-order valence-corrected chi connectivity index (χ3v) is 11.5. The highest BCUT2D eigenvalue weighted by atomic mass is 35.5. The van der Waals surface area contributed by atoms with Crippen molar-refractivity contribution in [2.45, 2.75) is 64.7 Å². The van der Waals surface area contributed by atoms with E-state index in [1.54, 1.807) is 21.8 Å². The number of amides is 2. The van der Waals surface area contributed by atoms with Crippen molar-refractivity contribution in [3.8, 4) is 12.3 Å². The molecule has 3 aromatic rings. The number of nitrogens with one attached hydrogen (secondary N) is 1. The molecule has 2 amide bonds. The number of anilines is 3. The van der Waals surface area contributed by atoms with Crippen molar-refractivity contribution in [1.82, 2.24) is 54.7 Å². The predicted octanol–water partition coefficient (Wildman–Crippen LogP) is -3.99. The number of piperazine rings is 2. The van der Waals surface area contributed by atoms with Crippen LogP contribution in [0.5, 0.6) is 0 Å². The van der Waals surface area contributed by atoms with Crippen molar-refractivity contribution in [3.63, 3.8) is 0 Å². The van der Waals surface area contributed by atoms with Crippen molar-refractivity contribution >= 4 is 29.7 Å². The van der Waals surface area contributed by atoms with Gasteiger partial charge in [0.1, 0.15) is 30.1 Å². The van der Waals surface area contributed by atoms with Crippen molar-refractivity contribution in [3.05, 3.63) is 23.8 Å². The van der Waals surface area contributed by atoms with Crippen LogP contribution in [0.4, 0.5) is 17.8 Å². The van der Waals surface area contributed by atoms with Gasteiger partial charge in [-0.2, -0.15) is 15.0 Å². The summed E-state index contributed by atoms with van der Waals surface area (Å²) < 4.78 is 19.6. The number of rotatable bonds is 25. The number of aliphatic hydroxyl groups excluding tert-OH is 2. The third kappa shape index (κ3) is 13.9. The fourth-order valence-corrected chi connectivity index (χ4v) is 7.21. The van der Waals surface area contributed by atoms with Crippen LogP contribution in [-0.2, 0) is 23.8 Å². The second kappa shape index (κ2) is 26.2. The summed E-state index contributed by atoms with van der Waals surface area (Å²) in [6.45, 7) is 13.8. The number of ether oxygens (including phenoxy) is 3. The Morgan fingerprint density at radius 1 is 0.719 bits per heavy atom. The topological polar surface area (TPSA) is 279 Å². The van der Waals surface area contributed by atoms with Crippen molar-refractivity contribution < 1.29 is 46.4 Å². The van der Waals surface area contributed by atoms with Crippen LogP contribution in [0.3, 0.4) is 0 Å². The number of halogens is 1. The first kappa shape index (κ1) is 51.8. The predicted molar refractivity (Wildman–Crippen MR) is 232 cm³/mol. The largest absolute Gasteiger partial charge is 1.00 e. The Bertz CT molecular complexity index is 1790. The van der Waals surface area contributed by atoms with Crippen LogP contribution in [0, 0.1) is 24.2 Å². The zero-order valence-electron chi connectivity index (χ0n) is 37.4. The molecule has 2 aliphatic heterocycles. The van der Waals surface area contributed by atoms with Gasteiger partial charge in [-0.3, -0.25) is 9.59 Å². The minimum absolute atomic E-state index is 0. The zero-order valence-corrected chi connectivity index (χ0v) is 38.2. The molecule has 5 rings (SSSR count). The molecule has 23 nitrogen and oxygen atoms in total. The van der Waals surface area contributed by atoms with Gasteiger partial charge in [0.25, 0.3) is 0 Å². The first-order valence-electron chi connectivity index (χ1n) is 21.8. The molecule has 0 unspecified atom stereocenters. The van der Waals surface area contributed by atoms with Crippen LogP contribution in [-0.4, -0.2) is 189 Å². The van der Waals surface area contributed by atoms with Gasteiger partial charge >= 0.3 is 0 Å². The molecule has 0 aromatic carbocycles. The molecule has 2 aliphatic rings. The van der Waals surface area contributed by atoms with Gasteiger partial charge in [0, 0.05) is 58.9 Å². The van der Waals surface area contributed by atoms with E-state index in [0.29, 0.717) is 121 Å². The number of hydrogen-bond donors (Lipinski definition) is 5. The summed E-state index contributed by atoms with van der Waals surface area (Å²) in [5, 5.41) is 39.1. The number of hydrogen-bond acceptors (Lipinski definition) is 19. The van der Waals surface area contributed by atoms with E-state index < -0.39 is 24.2 Å². The summed E-state index contributed by atoms with van der Waals surface area (Å²) in [5.74, 6) is 3.51. The lowest BCUT2D eigenvalue weighted by Gasteiger charge is -2.38. The Morgan fingerprint density at radius 3 is 1.55 bits per heavy atom. The second-order valence-corrected chi connectivity index (χ2v) is 15.8. The lowest BCUT2D eigenvalue weighted by molar-refractivity contribution is -0.137. The van der Waals surface area contributed by atoms with Crippen LogP contribution in [0.2, 0.25) is 0 Å². The third-order valence-electron chi connectivity index (χ3n) is 11.5.